The van der Waals surface area contributed by atoms with E-state index in [0.29, 0.717) is 0 Å². The molecule has 2 heteroatoms. The molecule has 0 amide bonds. The molecule has 18 heavy (non-hydrogen) atoms. The van der Waals surface area contributed by atoms with Crippen LogP contribution in [-0.4, -0.2) is 7.11 Å². The van der Waals surface area contributed by atoms with Crippen LogP contribution in [0.25, 0.3) is 0 Å². The summed E-state index contributed by atoms with van der Waals surface area (Å²) >= 11 is 0. The summed E-state index contributed by atoms with van der Waals surface area (Å²) in [6, 6.07) is 18.8. The second-order valence-electron chi connectivity index (χ2n) is 3.59. The molecular weight excluding hydrogens is 297 g/mol. The second kappa shape index (κ2) is 11.4. The Balaban J connectivity index is 0. The summed E-state index contributed by atoms with van der Waals surface area (Å²) in [4.78, 5) is 0. The maximum Gasteiger partial charge on any atom is 0.118 e. The van der Waals surface area contributed by atoms with Crippen LogP contribution in [0.4, 0.5) is 0 Å². The Hall–Kier alpha value is -0.656. The van der Waals surface area contributed by atoms with Gasteiger partial charge in [-0.25, -0.2) is 0 Å². The van der Waals surface area contributed by atoms with Crippen LogP contribution in [0.5, 0.6) is 5.75 Å². The van der Waals surface area contributed by atoms with E-state index < -0.39 is 0 Å². The van der Waals surface area contributed by atoms with Crippen molar-refractivity contribution in [3.05, 3.63) is 73.2 Å². The Morgan fingerprint density at radius 2 is 1.28 bits per heavy atom. The molecule has 0 bridgehead atoms. The molecule has 0 heterocycles. The molecule has 0 aliphatic carbocycles. The van der Waals surface area contributed by atoms with Gasteiger partial charge in [-0.15, -0.1) is 0 Å². The van der Waals surface area contributed by atoms with Crippen molar-refractivity contribution in [3.63, 3.8) is 0 Å². The van der Waals surface area contributed by atoms with Crippen molar-refractivity contribution < 1.29 is 37.4 Å². The number of benzene rings is 2. The Bertz CT molecular complexity index is 395. The van der Waals surface area contributed by atoms with Crippen LogP contribution >= 0.6 is 0 Å². The maximum atomic E-state index is 4.97. The third kappa shape index (κ3) is 8.44. The smallest absolute Gasteiger partial charge is 0.118 e. The molecule has 0 fully saturated rings. The van der Waals surface area contributed by atoms with E-state index in [1.807, 2.05) is 48.5 Å². The van der Waals surface area contributed by atoms with Crippen LogP contribution in [0, 0.1) is 27.3 Å². The number of rotatable bonds is 1. The summed E-state index contributed by atoms with van der Waals surface area (Å²) in [5.41, 5.74) is 2.55. The molecule has 2 aromatic rings. The van der Waals surface area contributed by atoms with Gasteiger partial charge >= 0.3 is 0 Å². The zero-order chi connectivity index (χ0) is 11.8. The molecule has 2 rings (SSSR count). The number of hydrogen-bond donors (Lipinski definition) is 0. The molecule has 0 spiro atoms. The largest absolute Gasteiger partial charge is 0.497 e. The van der Waals surface area contributed by atoms with Crippen molar-refractivity contribution in [1.29, 1.82) is 0 Å². The molecular formula is C16H20OY-2. The Morgan fingerprint density at radius 1 is 0.833 bits per heavy atom. The zero-order valence-corrected chi connectivity index (χ0v) is 14.4. The quantitative estimate of drug-likeness (QED) is 0.715. The van der Waals surface area contributed by atoms with Gasteiger partial charge in [0.2, 0.25) is 0 Å². The van der Waals surface area contributed by atoms with Crippen LogP contribution < -0.4 is 4.74 Å². The van der Waals surface area contributed by atoms with Gasteiger partial charge in [-0.1, -0.05) is 24.6 Å². The van der Waals surface area contributed by atoms with E-state index >= 15 is 0 Å². The van der Waals surface area contributed by atoms with Crippen LogP contribution in [0.15, 0.2) is 48.5 Å². The topological polar surface area (TPSA) is 9.23 Å². The van der Waals surface area contributed by atoms with Gasteiger partial charge < -0.3 is 12.2 Å². The molecule has 0 atom stereocenters. The van der Waals surface area contributed by atoms with Gasteiger partial charge in [0.1, 0.15) is 5.75 Å². The fraction of sp³-hybridized carbons (Fsp3) is 0.188. The Kier molecular flexibility index (Phi) is 12.5. The van der Waals surface area contributed by atoms with Crippen molar-refractivity contribution in [2.45, 2.75) is 13.8 Å². The first-order valence-corrected chi connectivity index (χ1v) is 5.26. The second-order valence-corrected chi connectivity index (χ2v) is 3.59. The van der Waals surface area contributed by atoms with Gasteiger partial charge in [-0.2, -0.15) is 35.9 Å². The molecule has 2 aromatic carbocycles. The van der Waals surface area contributed by atoms with E-state index in [2.05, 4.69) is 19.9 Å². The summed E-state index contributed by atoms with van der Waals surface area (Å²) in [6.07, 6.45) is 0. The SMILES string of the molecule is COc1ccc(C)cc1.Cc1cc[c-]cc1.[CH3-].[Y]. The van der Waals surface area contributed by atoms with E-state index in [1.165, 1.54) is 11.1 Å². The fourth-order valence-corrected chi connectivity index (χ4v) is 1.14. The average Bonchev–Trinajstić information content (AvgIpc) is 2.32. The van der Waals surface area contributed by atoms with E-state index in [4.69, 9.17) is 4.74 Å². The van der Waals surface area contributed by atoms with Crippen LogP contribution in [0.1, 0.15) is 11.1 Å². The van der Waals surface area contributed by atoms with Gasteiger partial charge in [0.15, 0.2) is 0 Å². The van der Waals surface area contributed by atoms with E-state index in [9.17, 15) is 0 Å². The first-order valence-electron chi connectivity index (χ1n) is 5.26. The minimum atomic E-state index is 0. The number of ether oxygens (including phenoxy) is 1. The molecule has 0 N–H and O–H groups in total. The Labute approximate surface area is 136 Å². The van der Waals surface area contributed by atoms with Crippen LogP contribution in [0.3, 0.4) is 0 Å². The summed E-state index contributed by atoms with van der Waals surface area (Å²) in [5.74, 6) is 0.917. The molecule has 0 aliphatic heterocycles. The molecule has 1 nitrogen and oxygen atoms in total. The molecule has 95 valence electrons. The summed E-state index contributed by atoms with van der Waals surface area (Å²) in [6.45, 7) is 4.12. The van der Waals surface area contributed by atoms with Crippen molar-refractivity contribution >= 4 is 0 Å². The fourth-order valence-electron chi connectivity index (χ4n) is 1.14. The third-order valence-electron chi connectivity index (χ3n) is 2.14. The van der Waals surface area contributed by atoms with Gasteiger partial charge in [-0.05, 0) is 19.1 Å². The van der Waals surface area contributed by atoms with Crippen LogP contribution in [0.2, 0.25) is 0 Å². The van der Waals surface area contributed by atoms with E-state index in [-0.39, 0.29) is 40.1 Å². The molecule has 0 saturated heterocycles. The van der Waals surface area contributed by atoms with Gasteiger partial charge in [0.05, 0.1) is 7.11 Å². The normalized spacial score (nSPS) is 7.94. The van der Waals surface area contributed by atoms with Crippen LogP contribution in [-0.2, 0) is 32.7 Å². The van der Waals surface area contributed by atoms with E-state index in [0.717, 1.165) is 5.75 Å². The first kappa shape index (κ1) is 19.7. The third-order valence-corrected chi connectivity index (χ3v) is 2.14. The van der Waals surface area contributed by atoms with Gasteiger partial charge in [0.25, 0.3) is 0 Å². The summed E-state index contributed by atoms with van der Waals surface area (Å²) in [5, 5.41) is 0. The average molecular weight is 317 g/mol. The summed E-state index contributed by atoms with van der Waals surface area (Å²) < 4.78 is 4.97. The predicted molar refractivity (Wildman–Crippen MR) is 74.2 cm³/mol. The number of methoxy groups -OCH3 is 1. The zero-order valence-electron chi connectivity index (χ0n) is 11.6. The number of hydrogen-bond acceptors (Lipinski definition) is 1. The molecule has 0 aromatic heterocycles. The van der Waals surface area contributed by atoms with Crippen molar-refractivity contribution in [2.75, 3.05) is 7.11 Å². The standard InChI is InChI=1S/C8H10O.C7H7.CH3.Y/c1-7-3-5-8(9-2)6-4-7;1-7-5-3-2-4-6-7;;/h3-6H,1-2H3;3-6H,1H3;1H3;/q;2*-1;. The van der Waals surface area contributed by atoms with Gasteiger partial charge in [-0.3, -0.25) is 0 Å². The van der Waals surface area contributed by atoms with E-state index in [1.54, 1.807) is 7.11 Å². The van der Waals surface area contributed by atoms with Crippen molar-refractivity contribution in [3.8, 4) is 5.75 Å². The van der Waals surface area contributed by atoms with Crippen molar-refractivity contribution in [1.82, 2.24) is 0 Å². The first-order chi connectivity index (χ1) is 7.72. The predicted octanol–water partition coefficient (Wildman–Crippen LogP) is 4.25. The molecule has 0 aliphatic rings. The van der Waals surface area contributed by atoms with Gasteiger partial charge in [0, 0.05) is 32.7 Å². The number of aryl methyl sites for hydroxylation is 2. The minimum Gasteiger partial charge on any atom is -0.497 e. The van der Waals surface area contributed by atoms with Crippen molar-refractivity contribution in [2.24, 2.45) is 0 Å². The molecule has 0 unspecified atom stereocenters. The summed E-state index contributed by atoms with van der Waals surface area (Å²) in [7, 11) is 1.67. The molecule has 1 radical (unpaired) electrons. The Morgan fingerprint density at radius 3 is 1.61 bits per heavy atom. The minimum absolute atomic E-state index is 0. The molecule has 0 saturated carbocycles. The maximum absolute atomic E-state index is 4.97. The monoisotopic (exact) mass is 317 g/mol.